The maximum atomic E-state index is 8.74. The molecule has 9 heteroatoms. The van der Waals surface area contributed by atoms with Gasteiger partial charge in [0, 0.05) is 0 Å². The Bertz CT molecular complexity index is 102. The van der Waals surface area contributed by atoms with Crippen LogP contribution in [0.15, 0.2) is 0 Å². The summed E-state index contributed by atoms with van der Waals surface area (Å²) in [5, 5.41) is 0. The Labute approximate surface area is 113 Å². The Morgan fingerprint density at radius 3 is 1.00 bits per heavy atom. The molecule has 0 saturated carbocycles. The van der Waals surface area contributed by atoms with Gasteiger partial charge in [0.25, 0.3) is 0 Å². The van der Waals surface area contributed by atoms with Crippen molar-refractivity contribution < 1.29 is 92.9 Å². The first-order chi connectivity index (χ1) is 2.00. The van der Waals surface area contributed by atoms with Gasteiger partial charge in [-0.25, -0.2) is 0 Å². The van der Waals surface area contributed by atoms with Crippen LogP contribution in [0.2, 0.25) is 0 Å². The van der Waals surface area contributed by atoms with E-state index in [0.717, 1.165) is 0 Å². The zero-order valence-corrected chi connectivity index (χ0v) is 11.0. The van der Waals surface area contributed by atoms with Gasteiger partial charge in [0.1, 0.15) is 0 Å². The summed E-state index contributed by atoms with van der Waals surface area (Å²) in [6.45, 7) is 0. The van der Waals surface area contributed by atoms with Gasteiger partial charge in [-0.15, -0.1) is 0 Å². The van der Waals surface area contributed by atoms with Crippen LogP contribution < -0.4 is 87.7 Å². The summed E-state index contributed by atoms with van der Waals surface area (Å²) in [4.78, 5) is 0. The molecule has 0 fully saturated rings. The summed E-state index contributed by atoms with van der Waals surface area (Å²) >= 11 is 0. The molecule has 0 radical (unpaired) electrons. The van der Waals surface area contributed by atoms with Crippen LogP contribution >= 0.6 is 0 Å². The van der Waals surface area contributed by atoms with E-state index in [9.17, 15) is 0 Å². The van der Waals surface area contributed by atoms with E-state index < -0.39 is 10.4 Å². The third kappa shape index (κ3) is 145. The Kier molecular flexibility index (Phi) is 43.2. The third-order valence-corrected chi connectivity index (χ3v) is 0. The van der Waals surface area contributed by atoms with E-state index in [0.29, 0.717) is 0 Å². The van der Waals surface area contributed by atoms with Crippen LogP contribution in [0.1, 0.15) is 0 Å². The van der Waals surface area contributed by atoms with Gasteiger partial charge in [-0.3, -0.25) is 9.11 Å². The molecule has 0 unspecified atom stereocenters. The molecule has 0 aliphatic rings. The summed E-state index contributed by atoms with van der Waals surface area (Å²) in [6, 6.07) is 0. The van der Waals surface area contributed by atoms with E-state index >= 15 is 0 Å². The van der Waals surface area contributed by atoms with Gasteiger partial charge in [-0.1, -0.05) is 0 Å². The van der Waals surface area contributed by atoms with Crippen LogP contribution in [0, 0.1) is 0 Å². The summed E-state index contributed by atoms with van der Waals surface area (Å²) in [5.41, 5.74) is 0. The van der Waals surface area contributed by atoms with Crippen molar-refractivity contribution in [1.29, 1.82) is 0 Å². The first kappa shape index (κ1) is 30.4. The molecule has 0 aromatic carbocycles. The first-order valence-electron chi connectivity index (χ1n) is 0.698. The van der Waals surface area contributed by atoms with Crippen LogP contribution in [0.5, 0.6) is 0 Å². The Morgan fingerprint density at radius 1 is 1.00 bits per heavy atom. The zero-order valence-electron chi connectivity index (χ0n) is 4.91. The maximum absolute atomic E-state index is 8.74. The second-order valence-corrected chi connectivity index (χ2v) is 1.34. The van der Waals surface area contributed by atoms with E-state index in [1.54, 1.807) is 0 Å². The molecule has 56 valence electrons. The molecule has 0 amide bonds. The Balaban J connectivity index is -0.0000000133. The summed E-state index contributed by atoms with van der Waals surface area (Å²) in [7, 11) is -4.67. The van der Waals surface area contributed by atoms with Gasteiger partial charge in [-0.05, 0) is 0 Å². The van der Waals surface area contributed by atoms with E-state index in [-0.39, 0.29) is 87.7 Å². The molecule has 0 aromatic rings. The van der Waals surface area contributed by atoms with Crippen molar-refractivity contribution in [2.45, 2.75) is 0 Å². The topological polar surface area (TPSA) is 145 Å². The normalized spacial score (nSPS) is 6.44. The molecule has 6 nitrogen and oxygen atoms in total. The van der Waals surface area contributed by atoms with Gasteiger partial charge in [0.2, 0.25) is 0 Å². The van der Waals surface area contributed by atoms with Crippen molar-refractivity contribution in [3.8, 4) is 0 Å². The molecule has 0 aromatic heterocycles. The predicted molar refractivity (Wildman–Crippen MR) is 24.2 cm³/mol. The van der Waals surface area contributed by atoms with Gasteiger partial charge in [0.05, 0.1) is 0 Å². The minimum atomic E-state index is -4.67. The predicted octanol–water partition coefficient (Wildman–Crippen LogP) is -6.32. The van der Waals surface area contributed by atoms with Gasteiger partial charge in [0.15, 0.2) is 0 Å². The minimum Gasteiger partial charge on any atom is -1.00 e. The van der Waals surface area contributed by atoms with Crippen molar-refractivity contribution >= 4 is 10.4 Å². The molecule has 0 saturated heterocycles. The molecule has 0 aliphatic carbocycles. The van der Waals surface area contributed by atoms with Crippen molar-refractivity contribution in [1.82, 2.24) is 12.3 Å². The van der Waals surface area contributed by atoms with E-state index in [1.807, 2.05) is 0 Å². The number of hydrogen-bond acceptors (Lipinski definition) is 4. The molecule has 0 atom stereocenters. The quantitative estimate of drug-likeness (QED) is 0.199. The Morgan fingerprint density at radius 2 is 1.00 bits per heavy atom. The fourth-order valence-electron chi connectivity index (χ4n) is 0. The monoisotopic (exact) mass is 298 g/mol. The minimum absolute atomic E-state index is 0. The van der Waals surface area contributed by atoms with Crippen LogP contribution in [0.4, 0.5) is 0 Å². The van der Waals surface area contributed by atoms with E-state index in [1.165, 1.54) is 0 Å². The molecule has 0 heterocycles. The average Bonchev–Trinajstić information content (AvgIpc) is 0.722. The number of halogens is 1. The van der Waals surface area contributed by atoms with Gasteiger partial charge in [-0.2, -0.15) is 8.42 Å². The van der Waals surface area contributed by atoms with Crippen LogP contribution in [0.3, 0.4) is 0 Å². The smallest absolute Gasteiger partial charge is 1.00 e. The molecular formula is H8IKN2O4S. The SMILES string of the molecule is N.N.O=S(=O)(O)O.[I-].[K+]. The van der Waals surface area contributed by atoms with Crippen LogP contribution in [-0.4, -0.2) is 17.5 Å². The molecule has 0 bridgehead atoms. The number of rotatable bonds is 0. The van der Waals surface area contributed by atoms with Gasteiger partial charge >= 0.3 is 61.8 Å². The molecule has 0 rings (SSSR count). The van der Waals surface area contributed by atoms with E-state index in [2.05, 4.69) is 0 Å². The van der Waals surface area contributed by atoms with E-state index in [4.69, 9.17) is 17.5 Å². The Hall–Kier alpha value is 2.16. The molecule has 0 spiro atoms. The molecular weight excluding hydrogens is 290 g/mol. The average molecular weight is 298 g/mol. The number of hydrogen-bond donors (Lipinski definition) is 4. The first-order valence-corrected chi connectivity index (χ1v) is 2.10. The molecule has 9 heavy (non-hydrogen) atoms. The largest absolute Gasteiger partial charge is 1.00 e. The van der Waals surface area contributed by atoms with Crippen molar-refractivity contribution in [3.05, 3.63) is 0 Å². The van der Waals surface area contributed by atoms with Crippen molar-refractivity contribution in [2.75, 3.05) is 0 Å². The zero-order chi connectivity index (χ0) is 4.50. The van der Waals surface area contributed by atoms with Gasteiger partial charge < -0.3 is 36.3 Å². The maximum Gasteiger partial charge on any atom is 1.00 e. The fraction of sp³-hybridized carbons (Fsp3) is 0. The fourth-order valence-corrected chi connectivity index (χ4v) is 0. The van der Waals surface area contributed by atoms with Crippen LogP contribution in [-0.2, 0) is 10.4 Å². The molecule has 0 aliphatic heterocycles. The third-order valence-electron chi connectivity index (χ3n) is 0. The summed E-state index contributed by atoms with van der Waals surface area (Å²) in [6.07, 6.45) is 0. The second kappa shape index (κ2) is 12.8. The second-order valence-electron chi connectivity index (χ2n) is 0.448. The van der Waals surface area contributed by atoms with Crippen molar-refractivity contribution in [3.63, 3.8) is 0 Å². The summed E-state index contributed by atoms with van der Waals surface area (Å²) < 4.78 is 31.6. The van der Waals surface area contributed by atoms with Crippen LogP contribution in [0.25, 0.3) is 0 Å². The van der Waals surface area contributed by atoms with Crippen molar-refractivity contribution in [2.24, 2.45) is 0 Å². The summed E-state index contributed by atoms with van der Waals surface area (Å²) in [5.74, 6) is 0. The molecule has 8 N–H and O–H groups in total. The standard InChI is InChI=1S/HI.K.2H3N.H2O4S/c;;;;1-5(2,3)4/h1H;;2*1H3;(H2,1,2,3,4)/q;+1;;;/p-1.